The number of aliphatic carboxylic acids is 1. The Hall–Kier alpha value is -1.41. The van der Waals surface area contributed by atoms with Crippen LogP contribution in [0.3, 0.4) is 0 Å². The summed E-state index contributed by atoms with van der Waals surface area (Å²) in [5.74, 6) is 2.00. The fraction of sp³-hybridized carbons (Fsp3) is 0.538. The second-order valence-electron chi connectivity index (χ2n) is 5.71. The number of carboxylic acid groups (broad SMARTS) is 1. The minimum atomic E-state index is -0.906. The maximum absolute atomic E-state index is 11.3. The maximum Gasteiger partial charge on any atom is 0.310 e. The van der Waals surface area contributed by atoms with Crippen LogP contribution in [0.2, 0.25) is 0 Å². The zero-order valence-electron chi connectivity index (χ0n) is 11.9. The van der Waals surface area contributed by atoms with E-state index in [1.165, 1.54) is 10.4 Å². The van der Waals surface area contributed by atoms with Crippen LogP contribution >= 0.6 is 23.1 Å². The molecule has 1 aliphatic rings. The monoisotopic (exact) mass is 324 g/mol. The van der Waals surface area contributed by atoms with Crippen molar-refractivity contribution in [2.45, 2.75) is 32.6 Å². The van der Waals surface area contributed by atoms with Gasteiger partial charge in [-0.1, -0.05) is 0 Å². The number of aromatic nitrogens is 4. The molecule has 0 spiro atoms. The van der Waals surface area contributed by atoms with E-state index in [0.717, 1.165) is 22.8 Å². The van der Waals surface area contributed by atoms with E-state index in [4.69, 9.17) is 0 Å². The van der Waals surface area contributed by atoms with Gasteiger partial charge in [0.05, 0.1) is 16.8 Å². The topological polar surface area (TPSA) is 80.9 Å². The Morgan fingerprint density at radius 2 is 2.33 bits per heavy atom. The molecule has 0 radical (unpaired) electrons. The number of aryl methyl sites for hydroxylation is 1. The van der Waals surface area contributed by atoms with E-state index in [0.29, 0.717) is 5.82 Å². The van der Waals surface area contributed by atoms with Crippen molar-refractivity contribution in [3.05, 3.63) is 16.5 Å². The molecule has 0 unspecified atom stereocenters. The predicted octanol–water partition coefficient (Wildman–Crippen LogP) is 2.30. The van der Waals surface area contributed by atoms with E-state index in [1.807, 2.05) is 11.8 Å². The number of carbonyl (C=O) groups is 1. The van der Waals surface area contributed by atoms with Crippen molar-refractivity contribution < 1.29 is 9.90 Å². The lowest BCUT2D eigenvalue weighted by atomic mass is 9.94. The van der Waals surface area contributed by atoms with Crippen LogP contribution in [-0.2, 0) is 23.5 Å². The highest BCUT2D eigenvalue weighted by molar-refractivity contribution is 7.98. The van der Waals surface area contributed by atoms with Crippen LogP contribution in [0.1, 0.15) is 24.3 Å². The van der Waals surface area contributed by atoms with Crippen LogP contribution < -0.4 is 0 Å². The summed E-state index contributed by atoms with van der Waals surface area (Å²) in [5.41, 5.74) is 0.454. The molecule has 0 amide bonds. The Morgan fingerprint density at radius 3 is 3.05 bits per heavy atom. The predicted molar refractivity (Wildman–Crippen MR) is 82.4 cm³/mol. The Labute approximate surface area is 130 Å². The largest absolute Gasteiger partial charge is 0.481 e. The summed E-state index contributed by atoms with van der Waals surface area (Å²) in [4.78, 5) is 13.7. The van der Waals surface area contributed by atoms with Crippen LogP contribution in [-0.4, -0.2) is 37.0 Å². The van der Waals surface area contributed by atoms with E-state index in [1.54, 1.807) is 29.9 Å². The van der Waals surface area contributed by atoms with Crippen LogP contribution in [0, 0.1) is 5.41 Å². The number of hydrogen-bond donors (Lipinski definition) is 1. The Balaban J connectivity index is 1.92. The number of tetrazole rings is 1. The molecule has 0 atom stereocenters. The molecule has 6 nitrogen and oxygen atoms in total. The standard InChI is InChI=1S/C13H16N4O2S2/c1-13(2,12(18)19)7-17-11(14-15-16-17)10-5-8-6-20-4-3-9(8)21-10/h5H,3-4,6-7H2,1-2H3,(H,18,19). The lowest BCUT2D eigenvalue weighted by Gasteiger charge is -2.18. The molecule has 1 N–H and O–H groups in total. The number of carboxylic acids is 1. The third-order valence-corrected chi connectivity index (χ3v) is 5.74. The average Bonchev–Trinajstić information content (AvgIpc) is 3.03. The molecule has 0 aliphatic carbocycles. The minimum absolute atomic E-state index is 0.252. The fourth-order valence-electron chi connectivity index (χ4n) is 2.19. The molecule has 8 heteroatoms. The maximum atomic E-state index is 11.3. The van der Waals surface area contributed by atoms with Crippen molar-refractivity contribution in [3.63, 3.8) is 0 Å². The van der Waals surface area contributed by atoms with E-state index in [2.05, 4.69) is 21.6 Å². The molecule has 21 heavy (non-hydrogen) atoms. The number of nitrogens with zero attached hydrogens (tertiary/aromatic N) is 4. The van der Waals surface area contributed by atoms with Gasteiger partial charge >= 0.3 is 5.97 Å². The van der Waals surface area contributed by atoms with Crippen molar-refractivity contribution >= 4 is 29.1 Å². The second-order valence-corrected chi connectivity index (χ2v) is 7.95. The normalized spacial score (nSPS) is 15.0. The Bertz CT molecular complexity index is 654. The molecule has 112 valence electrons. The number of fused-ring (bicyclic) bond motifs is 1. The van der Waals surface area contributed by atoms with Gasteiger partial charge in [-0.05, 0) is 48.1 Å². The van der Waals surface area contributed by atoms with Gasteiger partial charge in [0.15, 0.2) is 5.82 Å². The van der Waals surface area contributed by atoms with Gasteiger partial charge < -0.3 is 5.11 Å². The van der Waals surface area contributed by atoms with E-state index >= 15 is 0 Å². The van der Waals surface area contributed by atoms with Gasteiger partial charge in [-0.3, -0.25) is 4.79 Å². The summed E-state index contributed by atoms with van der Waals surface area (Å²) < 4.78 is 1.60. The van der Waals surface area contributed by atoms with Crippen molar-refractivity contribution in [1.82, 2.24) is 20.2 Å². The highest BCUT2D eigenvalue weighted by atomic mass is 32.2. The minimum Gasteiger partial charge on any atom is -0.481 e. The molecule has 2 aromatic heterocycles. The molecule has 3 heterocycles. The third-order valence-electron chi connectivity index (χ3n) is 3.50. The Morgan fingerprint density at radius 1 is 1.52 bits per heavy atom. The van der Waals surface area contributed by atoms with Crippen molar-refractivity contribution in [1.29, 1.82) is 0 Å². The van der Waals surface area contributed by atoms with Crippen molar-refractivity contribution in [2.24, 2.45) is 5.41 Å². The summed E-state index contributed by atoms with van der Waals surface area (Å²) in [6.45, 7) is 3.61. The molecule has 0 bridgehead atoms. The highest BCUT2D eigenvalue weighted by Gasteiger charge is 2.30. The number of thioether (sulfide) groups is 1. The lowest BCUT2D eigenvalue weighted by Crippen LogP contribution is -2.30. The highest BCUT2D eigenvalue weighted by Crippen LogP contribution is 2.36. The molecule has 0 fully saturated rings. The lowest BCUT2D eigenvalue weighted by molar-refractivity contribution is -0.147. The van der Waals surface area contributed by atoms with Crippen molar-refractivity contribution in [3.8, 4) is 10.7 Å². The summed E-state index contributed by atoms with van der Waals surface area (Å²) in [6.07, 6.45) is 1.09. The first-order valence-corrected chi connectivity index (χ1v) is 8.64. The zero-order chi connectivity index (χ0) is 15.0. The first kappa shape index (κ1) is 14.5. The smallest absolute Gasteiger partial charge is 0.310 e. The van der Waals surface area contributed by atoms with Gasteiger partial charge in [0.2, 0.25) is 0 Å². The summed E-state index contributed by atoms with van der Waals surface area (Å²) in [7, 11) is 0. The first-order valence-electron chi connectivity index (χ1n) is 6.66. The van der Waals surface area contributed by atoms with Gasteiger partial charge in [0, 0.05) is 10.6 Å². The molecule has 0 saturated carbocycles. The van der Waals surface area contributed by atoms with Gasteiger partial charge in [0.1, 0.15) is 0 Å². The van der Waals surface area contributed by atoms with Gasteiger partial charge in [-0.2, -0.15) is 11.8 Å². The first-order chi connectivity index (χ1) is 9.97. The fourth-order valence-corrected chi connectivity index (χ4v) is 4.55. The molecule has 1 aliphatic heterocycles. The number of thiophene rings is 1. The second kappa shape index (κ2) is 5.42. The van der Waals surface area contributed by atoms with Gasteiger partial charge in [0.25, 0.3) is 0 Å². The summed E-state index contributed by atoms with van der Waals surface area (Å²) >= 11 is 3.65. The van der Waals surface area contributed by atoms with Crippen LogP contribution in [0.15, 0.2) is 6.07 Å². The molecular weight excluding hydrogens is 308 g/mol. The number of hydrogen-bond acceptors (Lipinski definition) is 6. The quantitative estimate of drug-likeness (QED) is 0.929. The van der Waals surface area contributed by atoms with Gasteiger partial charge in [-0.25, -0.2) is 4.68 Å². The van der Waals surface area contributed by atoms with Crippen LogP contribution in [0.5, 0.6) is 0 Å². The molecular formula is C13H16N4O2S2. The van der Waals surface area contributed by atoms with Crippen LogP contribution in [0.4, 0.5) is 0 Å². The molecule has 0 aromatic carbocycles. The van der Waals surface area contributed by atoms with Gasteiger partial charge in [-0.15, -0.1) is 16.4 Å². The average molecular weight is 324 g/mol. The SMILES string of the molecule is CC(C)(Cn1nnnc1-c1cc2c(s1)CCSC2)C(=O)O. The third kappa shape index (κ3) is 2.82. The zero-order valence-corrected chi connectivity index (χ0v) is 13.5. The molecule has 3 rings (SSSR count). The Kier molecular flexibility index (Phi) is 3.75. The number of rotatable bonds is 4. The van der Waals surface area contributed by atoms with Crippen LogP contribution in [0.25, 0.3) is 10.7 Å². The van der Waals surface area contributed by atoms with Crippen molar-refractivity contribution in [2.75, 3.05) is 5.75 Å². The van der Waals surface area contributed by atoms with E-state index < -0.39 is 11.4 Å². The summed E-state index contributed by atoms with van der Waals surface area (Å²) in [5, 5.41) is 21.0. The molecule has 2 aromatic rings. The van der Waals surface area contributed by atoms with E-state index in [-0.39, 0.29) is 6.54 Å². The van der Waals surface area contributed by atoms with E-state index in [9.17, 15) is 9.90 Å². The summed E-state index contributed by atoms with van der Waals surface area (Å²) in [6, 6.07) is 2.14. The molecule has 0 saturated heterocycles.